The van der Waals surface area contributed by atoms with E-state index in [0.29, 0.717) is 28.4 Å². The van der Waals surface area contributed by atoms with E-state index in [1.54, 1.807) is 28.6 Å². The summed E-state index contributed by atoms with van der Waals surface area (Å²) < 4.78 is 7.90. The van der Waals surface area contributed by atoms with Crippen molar-refractivity contribution in [3.05, 3.63) is 12.3 Å². The minimum Gasteiger partial charge on any atom is -0.397 e. The number of fused-ring (bicyclic) bond motifs is 1. The fourth-order valence-electron chi connectivity index (χ4n) is 3.17. The van der Waals surface area contributed by atoms with Crippen molar-refractivity contribution in [2.75, 3.05) is 31.0 Å². The zero-order valence-corrected chi connectivity index (χ0v) is 17.8. The van der Waals surface area contributed by atoms with Crippen molar-refractivity contribution >= 4 is 41.8 Å². The average Bonchev–Trinajstić information content (AvgIpc) is 3.10. The van der Waals surface area contributed by atoms with Crippen LogP contribution in [-0.4, -0.2) is 74.6 Å². The molecule has 0 aromatic carbocycles. The van der Waals surface area contributed by atoms with Gasteiger partial charge < -0.3 is 20.7 Å². The molecule has 0 bridgehead atoms. The maximum Gasteiger partial charge on any atom is 0.172 e. The Labute approximate surface area is 164 Å². The number of aliphatic hydroxyl groups excluding tert-OH is 2. The smallest absolute Gasteiger partial charge is 0.172 e. The van der Waals surface area contributed by atoms with Crippen molar-refractivity contribution in [2.45, 2.75) is 49.5 Å². The van der Waals surface area contributed by atoms with Crippen LogP contribution in [0.15, 0.2) is 17.4 Å². The molecule has 7 nitrogen and oxygen atoms in total. The molecule has 1 aliphatic heterocycles. The van der Waals surface area contributed by atoms with Crippen molar-refractivity contribution < 1.29 is 14.9 Å². The van der Waals surface area contributed by atoms with Gasteiger partial charge in [-0.3, -0.25) is 4.57 Å². The number of pyridine rings is 1. The normalized spacial score (nSPS) is 26.1. The summed E-state index contributed by atoms with van der Waals surface area (Å²) >= 11 is 1.57. The quantitative estimate of drug-likeness (QED) is 0.473. The van der Waals surface area contributed by atoms with Crippen LogP contribution in [0.5, 0.6) is 0 Å². The van der Waals surface area contributed by atoms with Crippen LogP contribution in [0.3, 0.4) is 0 Å². The van der Waals surface area contributed by atoms with Crippen LogP contribution in [0.2, 0.25) is 0 Å². The van der Waals surface area contributed by atoms with Crippen molar-refractivity contribution in [3.8, 4) is 0 Å². The van der Waals surface area contributed by atoms with Gasteiger partial charge >= 0.3 is 0 Å². The van der Waals surface area contributed by atoms with Crippen molar-refractivity contribution in [2.24, 2.45) is 0 Å². The third kappa shape index (κ3) is 4.35. The fourth-order valence-corrected chi connectivity index (χ4v) is 5.00. The van der Waals surface area contributed by atoms with Crippen LogP contribution in [0, 0.1) is 0 Å². The molecule has 1 aliphatic rings. The number of rotatable bonds is 7. The average molecular weight is 412 g/mol. The van der Waals surface area contributed by atoms with E-state index in [2.05, 4.69) is 36.5 Å². The van der Waals surface area contributed by atoms with Crippen LogP contribution >= 0.6 is 18.6 Å². The van der Waals surface area contributed by atoms with Crippen LogP contribution < -0.4 is 5.73 Å². The first-order chi connectivity index (χ1) is 12.7. The van der Waals surface area contributed by atoms with Crippen LogP contribution in [0.1, 0.15) is 26.0 Å². The Kier molecular flexibility index (Phi) is 6.23. The zero-order valence-electron chi connectivity index (χ0n) is 16.1. The molecule has 0 saturated carbocycles. The Hall–Kier alpha value is -1.05. The summed E-state index contributed by atoms with van der Waals surface area (Å²) in [6.07, 6.45) is 5.19. The first-order valence-electron chi connectivity index (χ1n) is 9.17. The summed E-state index contributed by atoms with van der Waals surface area (Å²) in [6, 6.07) is 1.71. The van der Waals surface area contributed by atoms with E-state index in [1.807, 2.05) is 0 Å². The molecule has 27 heavy (non-hydrogen) atoms. The molecule has 0 spiro atoms. The Bertz CT molecular complexity index is 852. The molecule has 1 unspecified atom stereocenters. The summed E-state index contributed by atoms with van der Waals surface area (Å²) in [5.74, 6) is 0.873. The summed E-state index contributed by atoms with van der Waals surface area (Å²) in [4.78, 5) is 9.04. The summed E-state index contributed by atoms with van der Waals surface area (Å²) in [7, 11) is 0. The monoisotopic (exact) mass is 412 g/mol. The second-order valence-corrected chi connectivity index (χ2v) is 13.1. The summed E-state index contributed by atoms with van der Waals surface area (Å²) in [5.41, 5.74) is 7.76. The fraction of sp³-hybridized carbons (Fsp3) is 0.611. The number of hydrogen-bond acceptors (Lipinski definition) is 7. The number of nitrogen functional groups attached to an aromatic ring is 1. The van der Waals surface area contributed by atoms with Gasteiger partial charge in [-0.25, -0.2) is 9.97 Å². The molecule has 4 atom stereocenters. The molecule has 3 rings (SSSR count). The number of anilines is 1. The predicted octanol–water partition coefficient (Wildman–Crippen LogP) is 2.23. The number of thioether (sulfide) groups is 1. The highest BCUT2D eigenvalue weighted by molar-refractivity contribution is 7.99. The van der Waals surface area contributed by atoms with Gasteiger partial charge in [-0.15, -0.1) is 13.2 Å². The molecule has 9 heteroatoms. The highest BCUT2D eigenvalue weighted by Gasteiger charge is 2.45. The maximum atomic E-state index is 10.7. The first kappa shape index (κ1) is 20.7. The number of imidazole rings is 1. The van der Waals surface area contributed by atoms with E-state index in [9.17, 15) is 10.2 Å². The van der Waals surface area contributed by atoms with Crippen molar-refractivity contribution in [1.29, 1.82) is 0 Å². The largest absolute Gasteiger partial charge is 0.397 e. The van der Waals surface area contributed by atoms with Gasteiger partial charge in [-0.2, -0.15) is 0 Å². The Balaban J connectivity index is 1.95. The third-order valence-electron chi connectivity index (χ3n) is 4.62. The molecule has 2 aromatic rings. The van der Waals surface area contributed by atoms with E-state index in [-0.39, 0.29) is 0 Å². The lowest BCUT2D eigenvalue weighted by Gasteiger charge is -2.19. The number of nitrogens with zero attached hydrogens (tertiary/aromatic N) is 3. The Morgan fingerprint density at radius 1 is 1.37 bits per heavy atom. The molecule has 2 aromatic heterocycles. The number of aromatic nitrogens is 3. The predicted molar refractivity (Wildman–Crippen MR) is 114 cm³/mol. The SMILES string of the molecule is C=P(C)(C)CC[C@H]1OC(n2c(SCCC)nc3c(N)ccnc32)[C@H](O)[C@@H]1O. The maximum absolute atomic E-state index is 10.7. The van der Waals surface area contributed by atoms with Gasteiger partial charge in [0.05, 0.1) is 11.8 Å². The lowest BCUT2D eigenvalue weighted by molar-refractivity contribution is -0.0400. The Morgan fingerprint density at radius 3 is 2.78 bits per heavy atom. The van der Waals surface area contributed by atoms with Gasteiger partial charge in [0.15, 0.2) is 17.0 Å². The zero-order chi connectivity index (χ0) is 19.8. The van der Waals surface area contributed by atoms with Gasteiger partial charge in [-0.1, -0.05) is 18.7 Å². The lowest BCUT2D eigenvalue weighted by atomic mass is 10.1. The molecule has 3 heterocycles. The molecule has 1 saturated heterocycles. The number of aliphatic hydroxyl groups is 2. The highest BCUT2D eigenvalue weighted by Crippen LogP contribution is 2.41. The molecule has 0 aliphatic carbocycles. The minimum atomic E-state index is -1.24. The van der Waals surface area contributed by atoms with Gasteiger partial charge in [0.1, 0.15) is 17.7 Å². The van der Waals surface area contributed by atoms with Crippen LogP contribution in [0.4, 0.5) is 5.69 Å². The molecular weight excluding hydrogens is 383 g/mol. The number of hydrogen-bond donors (Lipinski definition) is 3. The Morgan fingerprint density at radius 2 is 2.11 bits per heavy atom. The standard InChI is InChI=1S/C18H29N4O3PS/c1-5-10-27-18-21-13-11(19)6-8-20-16(13)22(18)17-15(24)14(23)12(25-17)7-9-26(2,3)4/h6,8,12,14-15,17,23-24H,2,5,7,9-10H2,1,3-4H3,(H2,19,20)/t12-,14-,15-,17?/m1/s1. The molecule has 1 fully saturated rings. The summed E-state index contributed by atoms with van der Waals surface area (Å²) in [5, 5.41) is 22.0. The van der Waals surface area contributed by atoms with E-state index in [4.69, 9.17) is 10.5 Å². The topological polar surface area (TPSA) is 106 Å². The van der Waals surface area contributed by atoms with Gasteiger partial charge in [-0.05, 0) is 38.4 Å². The molecule has 4 N–H and O–H groups in total. The minimum absolute atomic E-state index is 0.437. The van der Waals surface area contributed by atoms with Crippen LogP contribution in [-0.2, 0) is 4.74 Å². The number of ether oxygens (including phenoxy) is 1. The molecule has 0 amide bonds. The number of nitrogens with two attached hydrogens (primary N) is 1. The van der Waals surface area contributed by atoms with E-state index in [0.717, 1.165) is 18.3 Å². The lowest BCUT2D eigenvalue weighted by Crippen LogP contribution is -2.32. The molecular formula is C18H29N4O3PS. The second-order valence-electron chi connectivity index (χ2n) is 7.68. The molecule has 0 radical (unpaired) electrons. The third-order valence-corrected chi connectivity index (χ3v) is 7.25. The van der Waals surface area contributed by atoms with E-state index < -0.39 is 31.4 Å². The van der Waals surface area contributed by atoms with Gasteiger partial charge in [0.2, 0.25) is 0 Å². The molecule has 150 valence electrons. The summed E-state index contributed by atoms with van der Waals surface area (Å²) in [6.45, 7) is 5.16. The first-order valence-corrected chi connectivity index (χ1v) is 13.2. The second kappa shape index (κ2) is 8.13. The van der Waals surface area contributed by atoms with E-state index >= 15 is 0 Å². The van der Waals surface area contributed by atoms with Crippen LogP contribution in [0.25, 0.3) is 11.2 Å². The van der Waals surface area contributed by atoms with Gasteiger partial charge in [0.25, 0.3) is 0 Å². The van der Waals surface area contributed by atoms with Crippen molar-refractivity contribution in [3.63, 3.8) is 0 Å². The van der Waals surface area contributed by atoms with Crippen molar-refractivity contribution in [1.82, 2.24) is 14.5 Å². The van der Waals surface area contributed by atoms with Gasteiger partial charge in [0, 0.05) is 11.9 Å². The highest BCUT2D eigenvalue weighted by atomic mass is 32.2. The van der Waals surface area contributed by atoms with E-state index in [1.165, 1.54) is 0 Å².